The Bertz CT molecular complexity index is 424. The molecule has 1 unspecified atom stereocenters. The number of thioether (sulfide) groups is 1. The van der Waals surface area contributed by atoms with Crippen LogP contribution in [0.3, 0.4) is 0 Å². The number of nitrogens with two attached hydrogens (primary N) is 1. The molecule has 0 saturated carbocycles. The zero-order valence-electron chi connectivity index (χ0n) is 9.17. The number of amidine groups is 1. The summed E-state index contributed by atoms with van der Waals surface area (Å²) in [6.45, 7) is 4.35. The van der Waals surface area contributed by atoms with E-state index in [0.29, 0.717) is 18.1 Å². The fourth-order valence-corrected chi connectivity index (χ4v) is 2.28. The minimum atomic E-state index is -0.221. The van der Waals surface area contributed by atoms with Gasteiger partial charge in [-0.3, -0.25) is 4.57 Å². The maximum Gasteiger partial charge on any atom is 0.343 e. The first-order valence-electron chi connectivity index (χ1n) is 4.86. The van der Waals surface area contributed by atoms with Gasteiger partial charge in [-0.25, -0.2) is 9.89 Å². The normalized spacial score (nSPS) is 14.0. The summed E-state index contributed by atoms with van der Waals surface area (Å²) < 4.78 is 1.54. The van der Waals surface area contributed by atoms with Crippen molar-refractivity contribution in [2.24, 2.45) is 10.9 Å². The molecule has 16 heavy (non-hydrogen) atoms. The quantitative estimate of drug-likeness (QED) is 0.226. The minimum Gasteiger partial charge on any atom is -0.409 e. The Kier molecular flexibility index (Phi) is 4.41. The van der Waals surface area contributed by atoms with Crippen molar-refractivity contribution in [2.75, 3.05) is 0 Å². The molecule has 0 aliphatic carbocycles. The van der Waals surface area contributed by atoms with E-state index in [1.165, 1.54) is 16.3 Å². The molecule has 0 aromatic carbocycles. The lowest BCUT2D eigenvalue weighted by molar-refractivity contribution is 0.317. The standard InChI is InChI=1S/C8H15N5O2S/c1-3-13-7(14)10-11-8(13)16-5(2)4-6(9)12-15/h5,15H,3-4H2,1-2H3,(H2,9,12)(H,10,14). The van der Waals surface area contributed by atoms with Crippen molar-refractivity contribution in [3.63, 3.8) is 0 Å². The van der Waals surface area contributed by atoms with Crippen LogP contribution >= 0.6 is 11.8 Å². The number of hydrogen-bond donors (Lipinski definition) is 3. The Morgan fingerprint density at radius 1 is 1.81 bits per heavy atom. The lowest BCUT2D eigenvalue weighted by Gasteiger charge is -2.09. The molecule has 7 nitrogen and oxygen atoms in total. The highest BCUT2D eigenvalue weighted by Crippen LogP contribution is 2.21. The smallest absolute Gasteiger partial charge is 0.343 e. The molecule has 0 bridgehead atoms. The summed E-state index contributed by atoms with van der Waals surface area (Å²) in [6, 6.07) is 0. The first-order chi connectivity index (χ1) is 7.58. The molecule has 0 fully saturated rings. The monoisotopic (exact) mass is 245 g/mol. The van der Waals surface area contributed by atoms with Crippen molar-refractivity contribution < 1.29 is 5.21 Å². The van der Waals surface area contributed by atoms with Crippen LogP contribution < -0.4 is 11.4 Å². The summed E-state index contributed by atoms with van der Waals surface area (Å²) in [7, 11) is 0. The van der Waals surface area contributed by atoms with E-state index >= 15 is 0 Å². The van der Waals surface area contributed by atoms with Crippen LogP contribution in [0.25, 0.3) is 0 Å². The van der Waals surface area contributed by atoms with Crippen LogP contribution in [-0.4, -0.2) is 31.1 Å². The Morgan fingerprint density at radius 2 is 2.50 bits per heavy atom. The second-order valence-corrected chi connectivity index (χ2v) is 4.69. The number of hydrogen-bond acceptors (Lipinski definition) is 5. The maximum atomic E-state index is 11.3. The van der Waals surface area contributed by atoms with Gasteiger partial charge in [-0.05, 0) is 6.92 Å². The van der Waals surface area contributed by atoms with Crippen molar-refractivity contribution in [1.82, 2.24) is 14.8 Å². The first kappa shape index (κ1) is 12.6. The third kappa shape index (κ3) is 3.02. The largest absolute Gasteiger partial charge is 0.409 e. The lowest BCUT2D eigenvalue weighted by Crippen LogP contribution is -2.19. The van der Waals surface area contributed by atoms with Crippen LogP contribution in [0.1, 0.15) is 20.3 Å². The fourth-order valence-electron chi connectivity index (χ4n) is 1.23. The number of nitrogens with one attached hydrogen (secondary N) is 1. The van der Waals surface area contributed by atoms with E-state index in [0.717, 1.165) is 0 Å². The second kappa shape index (κ2) is 5.59. The molecular formula is C8H15N5O2S. The Labute approximate surface area is 96.7 Å². The maximum absolute atomic E-state index is 11.3. The van der Waals surface area contributed by atoms with Gasteiger partial charge in [0.25, 0.3) is 0 Å². The summed E-state index contributed by atoms with van der Waals surface area (Å²) in [5.74, 6) is 0.168. The molecule has 0 amide bonds. The summed E-state index contributed by atoms with van der Waals surface area (Å²) in [5.41, 5.74) is 5.17. The van der Waals surface area contributed by atoms with Crippen molar-refractivity contribution in [2.45, 2.75) is 37.2 Å². The Morgan fingerprint density at radius 3 is 3.06 bits per heavy atom. The van der Waals surface area contributed by atoms with Gasteiger partial charge >= 0.3 is 5.69 Å². The first-order valence-corrected chi connectivity index (χ1v) is 5.74. The highest BCUT2D eigenvalue weighted by atomic mass is 32.2. The van der Waals surface area contributed by atoms with Gasteiger partial charge in [0.2, 0.25) is 0 Å². The molecule has 0 spiro atoms. The highest BCUT2D eigenvalue weighted by molar-refractivity contribution is 7.99. The molecule has 0 radical (unpaired) electrons. The average Bonchev–Trinajstić information content (AvgIpc) is 2.58. The molecular weight excluding hydrogens is 230 g/mol. The van der Waals surface area contributed by atoms with E-state index < -0.39 is 0 Å². The number of aromatic nitrogens is 3. The van der Waals surface area contributed by atoms with E-state index in [1.807, 2.05) is 13.8 Å². The third-order valence-electron chi connectivity index (χ3n) is 1.97. The van der Waals surface area contributed by atoms with Crippen LogP contribution in [0.2, 0.25) is 0 Å². The zero-order chi connectivity index (χ0) is 12.1. The molecule has 90 valence electrons. The minimum absolute atomic E-state index is 0.0800. The van der Waals surface area contributed by atoms with Gasteiger partial charge in [-0.2, -0.15) is 0 Å². The van der Waals surface area contributed by atoms with E-state index in [1.54, 1.807) is 0 Å². The van der Waals surface area contributed by atoms with Gasteiger partial charge in [0.15, 0.2) is 5.16 Å². The van der Waals surface area contributed by atoms with Crippen molar-refractivity contribution >= 4 is 17.6 Å². The molecule has 1 rings (SSSR count). The van der Waals surface area contributed by atoms with Crippen molar-refractivity contribution in [1.29, 1.82) is 0 Å². The molecule has 1 heterocycles. The van der Waals surface area contributed by atoms with Crippen LogP contribution in [0.5, 0.6) is 0 Å². The van der Waals surface area contributed by atoms with Gasteiger partial charge in [0, 0.05) is 18.2 Å². The number of oxime groups is 1. The molecule has 0 aliphatic heterocycles. The third-order valence-corrected chi connectivity index (χ3v) is 3.06. The second-order valence-electron chi connectivity index (χ2n) is 3.28. The van der Waals surface area contributed by atoms with Crippen LogP contribution in [0, 0.1) is 0 Å². The van der Waals surface area contributed by atoms with Gasteiger partial charge in [0.05, 0.1) is 0 Å². The molecule has 1 aromatic rings. The van der Waals surface area contributed by atoms with Gasteiger partial charge in [-0.15, -0.1) is 5.10 Å². The van der Waals surface area contributed by atoms with Crippen LogP contribution in [0.4, 0.5) is 0 Å². The number of rotatable bonds is 5. The molecule has 4 N–H and O–H groups in total. The predicted molar refractivity (Wildman–Crippen MR) is 61.9 cm³/mol. The van der Waals surface area contributed by atoms with Crippen molar-refractivity contribution in [3.8, 4) is 0 Å². The molecule has 8 heteroatoms. The molecule has 0 saturated heterocycles. The summed E-state index contributed by atoms with van der Waals surface area (Å²) >= 11 is 1.41. The fraction of sp³-hybridized carbons (Fsp3) is 0.625. The number of H-pyrrole nitrogens is 1. The average molecular weight is 245 g/mol. The van der Waals surface area contributed by atoms with Gasteiger partial charge in [-0.1, -0.05) is 23.8 Å². The van der Waals surface area contributed by atoms with Crippen molar-refractivity contribution in [3.05, 3.63) is 10.5 Å². The SMILES string of the molecule is CCn1c(SC(C)CC(N)=NO)n[nH]c1=O. The summed E-state index contributed by atoms with van der Waals surface area (Å²) in [4.78, 5) is 11.3. The lowest BCUT2D eigenvalue weighted by atomic mass is 10.3. The number of aromatic amines is 1. The van der Waals surface area contributed by atoms with Gasteiger partial charge < -0.3 is 10.9 Å². The molecule has 1 atom stereocenters. The summed E-state index contributed by atoms with van der Waals surface area (Å²) in [6.07, 6.45) is 0.436. The molecule has 1 aromatic heterocycles. The highest BCUT2D eigenvalue weighted by Gasteiger charge is 2.13. The van der Waals surface area contributed by atoms with Crippen LogP contribution in [0.15, 0.2) is 15.1 Å². The van der Waals surface area contributed by atoms with E-state index in [-0.39, 0.29) is 16.8 Å². The Hall–Kier alpha value is -1.44. The van der Waals surface area contributed by atoms with Gasteiger partial charge in [0.1, 0.15) is 5.84 Å². The topological polar surface area (TPSA) is 109 Å². The molecule has 0 aliphatic rings. The predicted octanol–water partition coefficient (Wildman–Crippen LogP) is 0.208. The Balaban J connectivity index is 2.69. The van der Waals surface area contributed by atoms with E-state index in [9.17, 15) is 4.79 Å². The zero-order valence-corrected chi connectivity index (χ0v) is 9.99. The number of nitrogens with zero attached hydrogens (tertiary/aromatic N) is 3. The van der Waals surface area contributed by atoms with E-state index in [4.69, 9.17) is 10.9 Å². The summed E-state index contributed by atoms with van der Waals surface area (Å²) in [5, 5.41) is 18.3. The van der Waals surface area contributed by atoms with E-state index in [2.05, 4.69) is 15.4 Å². The van der Waals surface area contributed by atoms with Crippen LogP contribution in [-0.2, 0) is 6.54 Å².